The highest BCUT2D eigenvalue weighted by Crippen LogP contribution is 2.57. The van der Waals surface area contributed by atoms with Gasteiger partial charge in [-0.1, -0.05) is 224 Å². The maximum Gasteiger partial charge on any atom is 0.0714 e. The molecule has 1 nitrogen and oxygen atoms in total. The van der Waals surface area contributed by atoms with Crippen molar-refractivity contribution in [1.82, 2.24) is 0 Å². The molecular weight excluding hydrogens is 771 g/mol. The van der Waals surface area contributed by atoms with E-state index in [9.17, 15) is 0 Å². The summed E-state index contributed by atoms with van der Waals surface area (Å²) >= 11 is 0. The van der Waals surface area contributed by atoms with Gasteiger partial charge in [0.25, 0.3) is 0 Å². The third-order valence-corrected chi connectivity index (χ3v) is 13.3. The maximum absolute atomic E-state index is 2.48. The Bertz CT molecular complexity index is 3420. The zero-order chi connectivity index (χ0) is 42.5. The Labute approximate surface area is 374 Å². The third kappa shape index (κ3) is 6.16. The average molecular weight is 814 g/mol. The van der Waals surface area contributed by atoms with Gasteiger partial charge in [0.1, 0.15) is 0 Å². The van der Waals surface area contributed by atoms with Crippen molar-refractivity contribution in [2.45, 2.75) is 5.41 Å². The van der Waals surface area contributed by atoms with Crippen LogP contribution in [0.4, 0.5) is 17.1 Å². The summed E-state index contributed by atoms with van der Waals surface area (Å²) < 4.78 is 0. The summed E-state index contributed by atoms with van der Waals surface area (Å²) in [6.45, 7) is 0. The highest BCUT2D eigenvalue weighted by Gasteiger charge is 2.46. The number of hydrogen-bond acceptors (Lipinski definition) is 1. The lowest BCUT2D eigenvalue weighted by atomic mass is 9.67. The van der Waals surface area contributed by atoms with Crippen LogP contribution in [0.3, 0.4) is 0 Å². The predicted octanol–water partition coefficient (Wildman–Crippen LogP) is 16.8. The van der Waals surface area contributed by atoms with Gasteiger partial charge in [0, 0.05) is 16.8 Å². The van der Waals surface area contributed by atoms with Crippen molar-refractivity contribution in [2.24, 2.45) is 0 Å². The van der Waals surface area contributed by atoms with E-state index in [4.69, 9.17) is 0 Å². The van der Waals surface area contributed by atoms with Crippen LogP contribution in [0.2, 0.25) is 0 Å². The Morgan fingerprint density at radius 1 is 0.266 bits per heavy atom. The molecule has 64 heavy (non-hydrogen) atoms. The van der Waals surface area contributed by atoms with Crippen molar-refractivity contribution in [3.05, 3.63) is 283 Å². The van der Waals surface area contributed by atoms with Gasteiger partial charge >= 0.3 is 0 Å². The summed E-state index contributed by atoms with van der Waals surface area (Å²) in [6, 6.07) is 95.8. The summed E-state index contributed by atoms with van der Waals surface area (Å²) in [5, 5.41) is 4.91. The summed E-state index contributed by atoms with van der Waals surface area (Å²) in [7, 11) is 0. The van der Waals surface area contributed by atoms with E-state index in [1.165, 1.54) is 88.3 Å². The quantitative estimate of drug-likeness (QED) is 0.138. The van der Waals surface area contributed by atoms with Gasteiger partial charge in [-0.05, 0) is 119 Å². The molecule has 0 heterocycles. The second-order valence-electron chi connectivity index (χ2n) is 16.8. The molecule has 0 amide bonds. The van der Waals surface area contributed by atoms with Crippen molar-refractivity contribution >= 4 is 38.6 Å². The van der Waals surface area contributed by atoms with E-state index in [-0.39, 0.29) is 0 Å². The third-order valence-electron chi connectivity index (χ3n) is 13.3. The molecule has 0 radical (unpaired) electrons. The second kappa shape index (κ2) is 15.6. The fourth-order valence-corrected chi connectivity index (χ4v) is 10.4. The van der Waals surface area contributed by atoms with Crippen LogP contribution < -0.4 is 4.90 Å². The van der Waals surface area contributed by atoms with Crippen LogP contribution in [0.5, 0.6) is 0 Å². The predicted molar refractivity (Wildman–Crippen MR) is 270 cm³/mol. The van der Waals surface area contributed by atoms with Crippen molar-refractivity contribution < 1.29 is 0 Å². The Hall–Kier alpha value is -8.26. The lowest BCUT2D eigenvalue weighted by molar-refractivity contribution is 0.768. The van der Waals surface area contributed by atoms with Crippen LogP contribution in [0.25, 0.3) is 66.1 Å². The second-order valence-corrected chi connectivity index (χ2v) is 16.8. The van der Waals surface area contributed by atoms with Crippen LogP contribution >= 0.6 is 0 Å². The molecule has 12 rings (SSSR count). The number of hydrogen-bond donors (Lipinski definition) is 0. The van der Waals surface area contributed by atoms with Gasteiger partial charge in [0.05, 0.1) is 11.1 Å². The fraction of sp³-hybridized carbons (Fsp3) is 0.0159. The number of nitrogens with zero attached hydrogens (tertiary/aromatic N) is 1. The highest BCUT2D eigenvalue weighted by molar-refractivity contribution is 6.14. The van der Waals surface area contributed by atoms with Crippen LogP contribution in [0, 0.1) is 0 Å². The van der Waals surface area contributed by atoms with E-state index in [0.717, 1.165) is 17.1 Å². The number of fused-ring (bicyclic) bond motifs is 6. The molecular formula is C63H43N. The lowest BCUT2D eigenvalue weighted by Gasteiger charge is -2.35. The molecule has 0 aliphatic heterocycles. The molecule has 0 N–H and O–H groups in total. The molecule has 0 saturated carbocycles. The van der Waals surface area contributed by atoms with Crippen molar-refractivity contribution in [3.8, 4) is 44.5 Å². The standard InChI is InChI=1S/C63H43N/c1-4-17-44(18-5-1)48-20-16-21-49(41-48)47-33-31-45(32-34-47)46-35-37-53(38-36-46)64(62-42-50-19-10-11-26-55(50)56-27-12-13-29-59(56)62)54-39-40-58-57-28-14-15-30-60(57)63(61(58)43-54,51-22-6-2-7-23-51)52-24-8-3-9-25-52/h1-43H. The van der Waals surface area contributed by atoms with Crippen molar-refractivity contribution in [1.29, 1.82) is 0 Å². The van der Waals surface area contributed by atoms with Crippen LogP contribution in [-0.2, 0) is 5.41 Å². The first-order valence-corrected chi connectivity index (χ1v) is 22.2. The van der Waals surface area contributed by atoms with Crippen LogP contribution in [0.1, 0.15) is 22.3 Å². The molecule has 11 aromatic rings. The summed E-state index contributed by atoms with van der Waals surface area (Å²) in [5.74, 6) is 0. The molecule has 1 aliphatic rings. The number of benzene rings is 11. The number of rotatable bonds is 8. The van der Waals surface area contributed by atoms with E-state index in [2.05, 4.69) is 266 Å². The maximum atomic E-state index is 2.48. The number of anilines is 3. The minimum Gasteiger partial charge on any atom is -0.310 e. The average Bonchev–Trinajstić information content (AvgIpc) is 3.68. The first-order valence-electron chi connectivity index (χ1n) is 22.2. The van der Waals surface area contributed by atoms with Crippen molar-refractivity contribution in [3.63, 3.8) is 0 Å². The largest absolute Gasteiger partial charge is 0.310 e. The van der Waals surface area contributed by atoms with E-state index >= 15 is 0 Å². The van der Waals surface area contributed by atoms with Gasteiger partial charge in [0.2, 0.25) is 0 Å². The summed E-state index contributed by atoms with van der Waals surface area (Å²) in [4.78, 5) is 2.48. The van der Waals surface area contributed by atoms with Crippen molar-refractivity contribution in [2.75, 3.05) is 4.90 Å². The Morgan fingerprint density at radius 2 is 0.734 bits per heavy atom. The van der Waals surface area contributed by atoms with Gasteiger partial charge in [-0.25, -0.2) is 0 Å². The van der Waals surface area contributed by atoms with E-state index in [1.54, 1.807) is 0 Å². The summed E-state index contributed by atoms with van der Waals surface area (Å²) in [6.07, 6.45) is 0. The first-order chi connectivity index (χ1) is 31.7. The molecule has 0 fully saturated rings. The van der Waals surface area contributed by atoms with Gasteiger partial charge in [0.15, 0.2) is 0 Å². The lowest BCUT2D eigenvalue weighted by Crippen LogP contribution is -2.28. The monoisotopic (exact) mass is 813 g/mol. The SMILES string of the molecule is c1ccc(-c2cccc(-c3ccc(-c4ccc(N(c5ccc6c(c5)C(c5ccccc5)(c5ccccc5)c5ccccc5-6)c5cc6ccccc6c6ccccc56)cc4)cc3)c2)cc1. The minimum atomic E-state index is -0.513. The molecule has 0 atom stereocenters. The van der Waals surface area contributed by atoms with E-state index in [1.807, 2.05) is 0 Å². The summed E-state index contributed by atoms with van der Waals surface area (Å²) in [5.41, 5.74) is 17.7. The smallest absolute Gasteiger partial charge is 0.0714 e. The molecule has 0 unspecified atom stereocenters. The first kappa shape index (κ1) is 37.5. The molecule has 300 valence electrons. The zero-order valence-corrected chi connectivity index (χ0v) is 35.3. The molecule has 0 aromatic heterocycles. The Morgan fingerprint density at radius 3 is 1.41 bits per heavy atom. The molecule has 0 bridgehead atoms. The van der Waals surface area contributed by atoms with Gasteiger partial charge in [-0.2, -0.15) is 0 Å². The molecule has 11 aromatic carbocycles. The topological polar surface area (TPSA) is 3.24 Å². The Balaban J connectivity index is 1.01. The van der Waals surface area contributed by atoms with Gasteiger partial charge in [-0.15, -0.1) is 0 Å². The van der Waals surface area contributed by atoms with Crippen LogP contribution in [0.15, 0.2) is 261 Å². The zero-order valence-electron chi connectivity index (χ0n) is 35.3. The van der Waals surface area contributed by atoms with Crippen LogP contribution in [-0.4, -0.2) is 0 Å². The van der Waals surface area contributed by atoms with Gasteiger partial charge in [-0.3, -0.25) is 0 Å². The van der Waals surface area contributed by atoms with Gasteiger partial charge < -0.3 is 4.90 Å². The van der Waals surface area contributed by atoms with E-state index in [0.29, 0.717) is 0 Å². The Kier molecular flexibility index (Phi) is 9.13. The molecule has 0 spiro atoms. The minimum absolute atomic E-state index is 0.513. The highest BCUT2D eigenvalue weighted by atomic mass is 15.1. The van der Waals surface area contributed by atoms with E-state index < -0.39 is 5.41 Å². The fourth-order valence-electron chi connectivity index (χ4n) is 10.4. The molecule has 1 aliphatic carbocycles. The molecule has 1 heteroatoms. The molecule has 0 saturated heterocycles. The normalized spacial score (nSPS) is 12.5.